The van der Waals surface area contributed by atoms with Gasteiger partial charge in [0, 0.05) is 43.6 Å². The summed E-state index contributed by atoms with van der Waals surface area (Å²) in [5.41, 5.74) is 1.62. The smallest absolute Gasteiger partial charge is 0.276 e. The van der Waals surface area contributed by atoms with Crippen LogP contribution in [-0.2, 0) is 32.4 Å². The largest absolute Gasteiger partial charge is 0.360 e. The van der Waals surface area contributed by atoms with E-state index >= 15 is 0 Å². The maximum Gasteiger partial charge on any atom is 0.276 e. The maximum atomic E-state index is 13.4. The number of nitrogens with zero attached hydrogens (tertiary/aromatic N) is 5. The van der Waals surface area contributed by atoms with Crippen molar-refractivity contribution in [2.24, 2.45) is 0 Å². The van der Waals surface area contributed by atoms with Crippen LogP contribution in [-0.4, -0.2) is 49.7 Å². The summed E-state index contributed by atoms with van der Waals surface area (Å²) in [6, 6.07) is 5.52. The Balaban J connectivity index is 1.25. The van der Waals surface area contributed by atoms with Crippen LogP contribution in [0.25, 0.3) is 0 Å². The van der Waals surface area contributed by atoms with Gasteiger partial charge in [-0.3, -0.25) is 9.59 Å². The molecule has 0 spiro atoms. The lowest BCUT2D eigenvalue weighted by molar-refractivity contribution is 0.0747. The van der Waals surface area contributed by atoms with Crippen molar-refractivity contribution in [2.75, 3.05) is 13.1 Å². The zero-order valence-electron chi connectivity index (χ0n) is 17.5. The minimum Gasteiger partial charge on any atom is -0.360 e. The van der Waals surface area contributed by atoms with Crippen LogP contribution in [0.2, 0.25) is 0 Å². The van der Waals surface area contributed by atoms with Gasteiger partial charge >= 0.3 is 0 Å². The number of rotatable bonds is 4. The molecule has 0 saturated heterocycles. The molecule has 1 aromatic carbocycles. The van der Waals surface area contributed by atoms with Crippen molar-refractivity contribution in [2.45, 2.75) is 45.2 Å². The number of fused-ring (bicyclic) bond motifs is 2. The molecule has 0 saturated carbocycles. The summed E-state index contributed by atoms with van der Waals surface area (Å²) >= 11 is 0. The zero-order chi connectivity index (χ0) is 22.1. The Morgan fingerprint density at radius 2 is 1.97 bits per heavy atom. The molecule has 1 aliphatic heterocycles. The monoisotopic (exact) mass is 438 g/mol. The van der Waals surface area contributed by atoms with Gasteiger partial charge in [-0.1, -0.05) is 11.2 Å². The van der Waals surface area contributed by atoms with E-state index in [0.717, 1.165) is 42.8 Å². The average Bonchev–Trinajstić information content (AvgIpc) is 3.35. The average molecular weight is 438 g/mol. The Labute approximate surface area is 183 Å². The zero-order valence-corrected chi connectivity index (χ0v) is 17.5. The molecule has 0 fully saturated rings. The molecule has 0 atom stereocenters. The first-order chi connectivity index (χ1) is 15.6. The first-order valence-corrected chi connectivity index (χ1v) is 10.8. The predicted octanol–water partition coefficient (Wildman–Crippen LogP) is 1.91. The molecule has 5 rings (SSSR count). The lowest BCUT2D eigenvalue weighted by atomic mass is 9.96. The van der Waals surface area contributed by atoms with Crippen molar-refractivity contribution in [1.82, 2.24) is 30.1 Å². The number of carbonyl (C=O) groups is 2. The van der Waals surface area contributed by atoms with Crippen molar-refractivity contribution in [3.05, 3.63) is 64.3 Å². The lowest BCUT2D eigenvalue weighted by Crippen LogP contribution is -2.35. The predicted molar refractivity (Wildman–Crippen MR) is 110 cm³/mol. The van der Waals surface area contributed by atoms with Gasteiger partial charge in [-0.2, -0.15) is 0 Å². The van der Waals surface area contributed by atoms with E-state index in [-0.39, 0.29) is 23.9 Å². The molecule has 3 aromatic rings. The highest BCUT2D eigenvalue weighted by atomic mass is 19.1. The summed E-state index contributed by atoms with van der Waals surface area (Å²) in [5, 5.41) is 15.3. The van der Waals surface area contributed by atoms with E-state index in [4.69, 9.17) is 4.52 Å². The Hall–Kier alpha value is -3.56. The van der Waals surface area contributed by atoms with E-state index < -0.39 is 5.82 Å². The van der Waals surface area contributed by atoms with Gasteiger partial charge in [0.1, 0.15) is 17.4 Å². The lowest BCUT2D eigenvalue weighted by Gasteiger charge is -2.20. The summed E-state index contributed by atoms with van der Waals surface area (Å²) in [6.07, 6.45) is 4.32. The molecule has 2 aliphatic rings. The van der Waals surface area contributed by atoms with Crippen molar-refractivity contribution < 1.29 is 18.5 Å². The molecule has 2 aromatic heterocycles. The summed E-state index contributed by atoms with van der Waals surface area (Å²) in [4.78, 5) is 27.2. The highest BCUT2D eigenvalue weighted by molar-refractivity contribution is 5.94. The van der Waals surface area contributed by atoms with E-state index in [9.17, 15) is 14.0 Å². The normalized spacial score (nSPS) is 15.6. The highest BCUT2D eigenvalue weighted by Crippen LogP contribution is 2.25. The molecule has 3 heterocycles. The Morgan fingerprint density at radius 1 is 1.09 bits per heavy atom. The third kappa shape index (κ3) is 3.88. The van der Waals surface area contributed by atoms with Crippen molar-refractivity contribution in [1.29, 1.82) is 0 Å². The number of hydrogen-bond acceptors (Lipinski definition) is 6. The summed E-state index contributed by atoms with van der Waals surface area (Å²) < 4.78 is 20.7. The van der Waals surface area contributed by atoms with Gasteiger partial charge in [0.05, 0.1) is 6.54 Å². The minimum absolute atomic E-state index is 0.114. The number of hydrogen-bond donors (Lipinski definition) is 1. The van der Waals surface area contributed by atoms with Gasteiger partial charge in [-0.15, -0.1) is 10.2 Å². The van der Waals surface area contributed by atoms with Gasteiger partial charge < -0.3 is 19.3 Å². The first-order valence-electron chi connectivity index (χ1n) is 10.8. The van der Waals surface area contributed by atoms with Crippen LogP contribution >= 0.6 is 0 Å². The molecule has 0 bridgehead atoms. The molecular weight excluding hydrogens is 415 g/mol. The number of benzene rings is 1. The number of aryl methyl sites for hydroxylation is 1. The molecule has 1 aliphatic carbocycles. The van der Waals surface area contributed by atoms with Crippen molar-refractivity contribution >= 4 is 11.8 Å². The fourth-order valence-electron chi connectivity index (χ4n) is 4.31. The van der Waals surface area contributed by atoms with E-state index in [0.29, 0.717) is 37.6 Å². The summed E-state index contributed by atoms with van der Waals surface area (Å²) in [7, 11) is 0. The number of halogens is 1. The Bertz CT molecular complexity index is 1170. The topological polar surface area (TPSA) is 106 Å². The second-order valence-electron chi connectivity index (χ2n) is 8.06. The van der Waals surface area contributed by atoms with Crippen molar-refractivity contribution in [3.8, 4) is 0 Å². The Morgan fingerprint density at radius 3 is 2.84 bits per heavy atom. The number of carbonyl (C=O) groups excluding carboxylic acids is 2. The van der Waals surface area contributed by atoms with E-state index in [1.54, 1.807) is 11.0 Å². The second-order valence-corrected chi connectivity index (χ2v) is 8.06. The molecule has 9 nitrogen and oxygen atoms in total. The van der Waals surface area contributed by atoms with Gasteiger partial charge in [0.15, 0.2) is 11.5 Å². The summed E-state index contributed by atoms with van der Waals surface area (Å²) in [5.74, 6) is 1.23. The van der Waals surface area contributed by atoms with Crippen LogP contribution in [0.15, 0.2) is 28.8 Å². The molecular formula is C22H23FN6O3. The van der Waals surface area contributed by atoms with Gasteiger partial charge in [-0.25, -0.2) is 4.39 Å². The van der Waals surface area contributed by atoms with Crippen LogP contribution in [0.5, 0.6) is 0 Å². The quantitative estimate of drug-likeness (QED) is 0.667. The third-order valence-electron chi connectivity index (χ3n) is 6.04. The van der Waals surface area contributed by atoms with Crippen LogP contribution < -0.4 is 5.32 Å². The van der Waals surface area contributed by atoms with E-state index in [1.165, 1.54) is 18.2 Å². The van der Waals surface area contributed by atoms with Gasteiger partial charge in [-0.05, 0) is 37.5 Å². The number of aromatic nitrogens is 4. The molecule has 1 N–H and O–H groups in total. The Kier molecular flexibility index (Phi) is 5.42. The van der Waals surface area contributed by atoms with Gasteiger partial charge in [0.25, 0.3) is 11.8 Å². The summed E-state index contributed by atoms with van der Waals surface area (Å²) in [6.45, 7) is 1.66. The fourth-order valence-corrected chi connectivity index (χ4v) is 4.31. The van der Waals surface area contributed by atoms with Gasteiger partial charge in [0.2, 0.25) is 0 Å². The first kappa shape index (κ1) is 20.3. The highest BCUT2D eigenvalue weighted by Gasteiger charge is 2.29. The maximum absolute atomic E-state index is 13.4. The number of amides is 2. The standard InChI is InChI=1S/C22H23FN6O3/c23-15-5-3-4-14(12-15)21(30)24-13-19-26-25-18-8-9-28(10-11-29(18)19)22(31)20-16-6-1-2-7-17(16)32-27-20/h3-5,12H,1-2,6-11,13H2,(H,24,30). The second kappa shape index (κ2) is 8.52. The van der Waals surface area contributed by atoms with Crippen LogP contribution in [0, 0.1) is 5.82 Å². The molecule has 10 heteroatoms. The number of nitrogens with one attached hydrogen (secondary N) is 1. The third-order valence-corrected chi connectivity index (χ3v) is 6.04. The SMILES string of the molecule is O=C(NCc1nnc2n1CCN(C(=O)c1noc3c1CCCC3)CC2)c1cccc(F)c1. The van der Waals surface area contributed by atoms with Crippen LogP contribution in [0.4, 0.5) is 4.39 Å². The molecule has 0 unspecified atom stereocenters. The van der Waals surface area contributed by atoms with Crippen LogP contribution in [0.3, 0.4) is 0 Å². The minimum atomic E-state index is -0.466. The molecule has 166 valence electrons. The van der Waals surface area contributed by atoms with Crippen molar-refractivity contribution in [3.63, 3.8) is 0 Å². The molecule has 0 radical (unpaired) electrons. The van der Waals surface area contributed by atoms with Crippen LogP contribution in [0.1, 0.15) is 56.7 Å². The fraction of sp³-hybridized carbons (Fsp3) is 0.409. The molecule has 2 amide bonds. The van der Waals surface area contributed by atoms with E-state index in [2.05, 4.69) is 20.7 Å². The van der Waals surface area contributed by atoms with E-state index in [1.807, 2.05) is 4.57 Å². The molecule has 32 heavy (non-hydrogen) atoms.